The van der Waals surface area contributed by atoms with Gasteiger partial charge in [-0.25, -0.2) is 0 Å². The molecule has 1 heterocycles. The second-order valence-electron chi connectivity index (χ2n) is 1.55. The van der Waals surface area contributed by atoms with E-state index in [1.54, 1.807) is 11.3 Å². The number of thiophene rings is 1. The molecule has 0 spiro atoms. The zero-order valence-electron chi connectivity index (χ0n) is 4.50. The summed E-state index contributed by atoms with van der Waals surface area (Å²) < 4.78 is 0. The van der Waals surface area contributed by atoms with Crippen LogP contribution in [0.2, 0.25) is 0 Å². The van der Waals surface area contributed by atoms with Gasteiger partial charge >= 0.3 is 0 Å². The molecule has 0 atom stereocenters. The Kier molecular flexibility index (Phi) is 2.12. The molecule has 0 amide bonds. The van der Waals surface area contributed by atoms with Gasteiger partial charge in [-0.2, -0.15) is 0 Å². The quantitative estimate of drug-likeness (QED) is 0.575. The molecular formula is C5H7BOS. The van der Waals surface area contributed by atoms with Crippen molar-refractivity contribution in [1.29, 1.82) is 0 Å². The highest BCUT2D eigenvalue weighted by atomic mass is 32.1. The largest absolute Gasteiger partial charge is 0.454 e. The van der Waals surface area contributed by atoms with Crippen LogP contribution in [0.3, 0.4) is 0 Å². The molecule has 3 heteroatoms. The number of hydrogen-bond donors (Lipinski definition) is 1. The lowest BCUT2D eigenvalue weighted by atomic mass is 9.95. The van der Waals surface area contributed by atoms with Crippen molar-refractivity contribution in [2.75, 3.05) is 0 Å². The fourth-order valence-corrected chi connectivity index (χ4v) is 1.26. The third kappa shape index (κ3) is 1.35. The molecular weight excluding hydrogens is 119 g/mol. The van der Waals surface area contributed by atoms with Crippen molar-refractivity contribution in [3.63, 3.8) is 0 Å². The Morgan fingerprint density at radius 1 is 1.75 bits per heavy atom. The van der Waals surface area contributed by atoms with Gasteiger partial charge in [-0.3, -0.25) is 0 Å². The van der Waals surface area contributed by atoms with E-state index < -0.39 is 0 Å². The van der Waals surface area contributed by atoms with Crippen LogP contribution in [0.15, 0.2) is 17.5 Å². The molecule has 0 radical (unpaired) electrons. The van der Waals surface area contributed by atoms with Gasteiger partial charge in [0.25, 0.3) is 7.48 Å². The van der Waals surface area contributed by atoms with E-state index in [2.05, 4.69) is 0 Å². The van der Waals surface area contributed by atoms with Gasteiger partial charge in [0.15, 0.2) is 0 Å². The summed E-state index contributed by atoms with van der Waals surface area (Å²) in [6.07, 6.45) is 0.803. The maximum atomic E-state index is 8.44. The molecule has 0 fully saturated rings. The van der Waals surface area contributed by atoms with Crippen molar-refractivity contribution in [2.24, 2.45) is 0 Å². The van der Waals surface area contributed by atoms with Crippen LogP contribution in [0.5, 0.6) is 0 Å². The van der Waals surface area contributed by atoms with Crippen LogP contribution in [0.4, 0.5) is 0 Å². The van der Waals surface area contributed by atoms with Gasteiger partial charge in [0.2, 0.25) is 0 Å². The second-order valence-corrected chi connectivity index (χ2v) is 2.59. The molecule has 8 heavy (non-hydrogen) atoms. The lowest BCUT2D eigenvalue weighted by Crippen LogP contribution is -1.90. The molecule has 1 aromatic heterocycles. The van der Waals surface area contributed by atoms with E-state index in [1.807, 2.05) is 17.5 Å². The first-order chi connectivity index (χ1) is 3.93. The van der Waals surface area contributed by atoms with Gasteiger partial charge in [-0.1, -0.05) is 6.07 Å². The van der Waals surface area contributed by atoms with Crippen LogP contribution in [0.25, 0.3) is 0 Å². The molecule has 0 saturated heterocycles. The monoisotopic (exact) mass is 126 g/mol. The standard InChI is InChI=1S/C5H7BOS/c7-6-4-5-2-1-3-8-5/h1-3,6-7H,4H2. The van der Waals surface area contributed by atoms with Crippen LogP contribution in [0, 0.1) is 0 Å². The van der Waals surface area contributed by atoms with Crippen molar-refractivity contribution in [3.8, 4) is 0 Å². The van der Waals surface area contributed by atoms with E-state index in [4.69, 9.17) is 5.02 Å². The van der Waals surface area contributed by atoms with Crippen LogP contribution in [-0.2, 0) is 6.32 Å². The molecule has 0 saturated carbocycles. The summed E-state index contributed by atoms with van der Waals surface area (Å²) in [5, 5.41) is 10.5. The van der Waals surface area contributed by atoms with Gasteiger partial charge < -0.3 is 5.02 Å². The maximum absolute atomic E-state index is 8.44. The lowest BCUT2D eigenvalue weighted by Gasteiger charge is -1.83. The number of hydrogen-bond acceptors (Lipinski definition) is 2. The third-order valence-corrected chi connectivity index (χ3v) is 1.87. The van der Waals surface area contributed by atoms with Gasteiger partial charge in [0.1, 0.15) is 0 Å². The smallest absolute Gasteiger partial charge is 0.276 e. The molecule has 0 bridgehead atoms. The van der Waals surface area contributed by atoms with Gasteiger partial charge in [-0.05, 0) is 22.6 Å². The molecule has 0 aromatic carbocycles. The topological polar surface area (TPSA) is 20.2 Å². The summed E-state index contributed by atoms with van der Waals surface area (Å²) >= 11 is 1.69. The zero-order chi connectivity index (χ0) is 5.82. The van der Waals surface area contributed by atoms with Gasteiger partial charge in [0.05, 0.1) is 0 Å². The maximum Gasteiger partial charge on any atom is 0.276 e. The highest BCUT2D eigenvalue weighted by Crippen LogP contribution is 2.07. The lowest BCUT2D eigenvalue weighted by molar-refractivity contribution is 0.601. The normalized spacial score (nSPS) is 9.12. The average Bonchev–Trinajstić information content (AvgIpc) is 2.19. The molecule has 0 aliphatic carbocycles. The Balaban J connectivity index is 2.50. The van der Waals surface area contributed by atoms with Crippen LogP contribution in [0.1, 0.15) is 4.88 Å². The van der Waals surface area contributed by atoms with Crippen LogP contribution >= 0.6 is 11.3 Å². The molecule has 0 aliphatic heterocycles. The van der Waals surface area contributed by atoms with Crippen molar-refractivity contribution in [3.05, 3.63) is 22.4 Å². The highest BCUT2D eigenvalue weighted by molar-refractivity contribution is 7.10. The fraction of sp³-hybridized carbons (Fsp3) is 0.200. The Morgan fingerprint density at radius 3 is 3.12 bits per heavy atom. The molecule has 1 nitrogen and oxygen atoms in total. The van der Waals surface area contributed by atoms with E-state index in [0.29, 0.717) is 0 Å². The van der Waals surface area contributed by atoms with Gasteiger partial charge in [0, 0.05) is 0 Å². The van der Waals surface area contributed by atoms with E-state index in [-0.39, 0.29) is 7.48 Å². The molecule has 1 rings (SSSR count). The van der Waals surface area contributed by atoms with Crippen LogP contribution in [-0.4, -0.2) is 12.5 Å². The van der Waals surface area contributed by atoms with Crippen LogP contribution < -0.4 is 0 Å². The van der Waals surface area contributed by atoms with E-state index in [9.17, 15) is 0 Å². The molecule has 0 aliphatic rings. The third-order valence-electron chi connectivity index (χ3n) is 0.938. The summed E-state index contributed by atoms with van der Waals surface area (Å²) in [7, 11) is 0.264. The SMILES string of the molecule is OBCc1cccs1. The summed E-state index contributed by atoms with van der Waals surface area (Å²) in [5.41, 5.74) is 0. The predicted octanol–water partition coefficient (Wildman–Crippen LogP) is 0.592. The minimum absolute atomic E-state index is 0.264. The first-order valence-corrected chi connectivity index (χ1v) is 3.44. The summed E-state index contributed by atoms with van der Waals surface area (Å²) in [6.45, 7) is 0. The Labute approximate surface area is 53.3 Å². The first kappa shape index (κ1) is 5.85. The molecule has 42 valence electrons. The molecule has 1 N–H and O–H groups in total. The fourth-order valence-electron chi connectivity index (χ4n) is 0.565. The van der Waals surface area contributed by atoms with E-state index >= 15 is 0 Å². The van der Waals surface area contributed by atoms with Crippen molar-refractivity contribution < 1.29 is 5.02 Å². The van der Waals surface area contributed by atoms with Gasteiger partial charge in [-0.15, -0.1) is 11.3 Å². The summed E-state index contributed by atoms with van der Waals surface area (Å²) in [5.74, 6) is 0. The van der Waals surface area contributed by atoms with E-state index in [0.717, 1.165) is 6.32 Å². The minimum atomic E-state index is 0.264. The van der Waals surface area contributed by atoms with Crippen molar-refractivity contribution >= 4 is 18.8 Å². The Hall–Kier alpha value is -0.275. The van der Waals surface area contributed by atoms with Crippen molar-refractivity contribution in [2.45, 2.75) is 6.32 Å². The average molecular weight is 126 g/mol. The number of rotatable bonds is 2. The summed E-state index contributed by atoms with van der Waals surface area (Å²) in [4.78, 5) is 1.26. The Morgan fingerprint density at radius 2 is 2.62 bits per heavy atom. The molecule has 0 unspecified atom stereocenters. The van der Waals surface area contributed by atoms with E-state index in [1.165, 1.54) is 4.88 Å². The minimum Gasteiger partial charge on any atom is -0.454 e. The second kappa shape index (κ2) is 2.90. The van der Waals surface area contributed by atoms with Crippen molar-refractivity contribution in [1.82, 2.24) is 0 Å². The zero-order valence-corrected chi connectivity index (χ0v) is 5.32. The first-order valence-electron chi connectivity index (χ1n) is 2.56. The molecule has 1 aromatic rings. The highest BCUT2D eigenvalue weighted by Gasteiger charge is 1.90. The summed E-state index contributed by atoms with van der Waals surface area (Å²) in [6, 6.07) is 4.02. The predicted molar refractivity (Wildman–Crippen MR) is 37.4 cm³/mol. The Bertz CT molecular complexity index is 138.